The molecule has 0 radical (unpaired) electrons. The summed E-state index contributed by atoms with van der Waals surface area (Å²) in [4.78, 5) is 20.7. The van der Waals surface area contributed by atoms with E-state index in [1.54, 1.807) is 11.3 Å². The van der Waals surface area contributed by atoms with Gasteiger partial charge in [0.1, 0.15) is 5.82 Å². The number of esters is 1. The summed E-state index contributed by atoms with van der Waals surface area (Å²) in [6.45, 7) is 2.08. The highest BCUT2D eigenvalue weighted by atomic mass is 32.1. The van der Waals surface area contributed by atoms with E-state index in [9.17, 15) is 4.79 Å². The van der Waals surface area contributed by atoms with Gasteiger partial charge in [-0.1, -0.05) is 6.07 Å². The average molecular weight is 277 g/mol. The summed E-state index contributed by atoms with van der Waals surface area (Å²) in [5.41, 5.74) is 0.207. The van der Waals surface area contributed by atoms with Crippen LogP contribution in [0.25, 0.3) is 0 Å². The lowest BCUT2D eigenvalue weighted by molar-refractivity contribution is 0.0593. The zero-order valence-electron chi connectivity index (χ0n) is 10.8. The minimum absolute atomic E-state index is 0.207. The summed E-state index contributed by atoms with van der Waals surface area (Å²) in [5, 5.41) is 5.31. The Bertz CT molecular complexity index is 525. The van der Waals surface area contributed by atoms with Gasteiger partial charge in [0.25, 0.3) is 0 Å². The fourth-order valence-corrected chi connectivity index (χ4v) is 2.48. The molecule has 1 unspecified atom stereocenters. The van der Waals surface area contributed by atoms with Crippen molar-refractivity contribution in [1.29, 1.82) is 0 Å². The maximum atomic E-state index is 11.2. The van der Waals surface area contributed by atoms with Crippen LogP contribution >= 0.6 is 11.3 Å². The third-order valence-electron chi connectivity index (χ3n) is 2.53. The van der Waals surface area contributed by atoms with Crippen LogP contribution < -0.4 is 5.32 Å². The van der Waals surface area contributed by atoms with Gasteiger partial charge in [0.15, 0.2) is 5.69 Å². The second kappa shape index (κ2) is 6.29. The molecule has 100 valence electrons. The number of hydrogen-bond donors (Lipinski definition) is 1. The number of ether oxygens (including phenoxy) is 1. The summed E-state index contributed by atoms with van der Waals surface area (Å²) in [5.74, 6) is 0.169. The predicted molar refractivity (Wildman–Crippen MR) is 74.5 cm³/mol. The number of methoxy groups -OCH3 is 1. The second-order valence-corrected chi connectivity index (χ2v) is 5.14. The van der Waals surface area contributed by atoms with Crippen molar-refractivity contribution in [2.75, 3.05) is 12.4 Å². The van der Waals surface area contributed by atoms with Crippen molar-refractivity contribution in [2.45, 2.75) is 19.4 Å². The Morgan fingerprint density at radius 1 is 1.47 bits per heavy atom. The number of carbonyl (C=O) groups is 1. The van der Waals surface area contributed by atoms with Crippen LogP contribution in [-0.4, -0.2) is 29.1 Å². The number of thiophene rings is 1. The van der Waals surface area contributed by atoms with Crippen molar-refractivity contribution in [3.8, 4) is 0 Å². The molecule has 0 aliphatic heterocycles. The van der Waals surface area contributed by atoms with Crippen LogP contribution in [0.5, 0.6) is 0 Å². The van der Waals surface area contributed by atoms with Gasteiger partial charge in [0.2, 0.25) is 0 Å². The second-order valence-electron chi connectivity index (χ2n) is 4.11. The van der Waals surface area contributed by atoms with Crippen LogP contribution in [0.1, 0.15) is 22.3 Å². The van der Waals surface area contributed by atoms with Crippen LogP contribution in [0.4, 0.5) is 5.82 Å². The van der Waals surface area contributed by atoms with Gasteiger partial charge >= 0.3 is 5.97 Å². The van der Waals surface area contributed by atoms with Gasteiger partial charge in [-0.2, -0.15) is 0 Å². The van der Waals surface area contributed by atoms with E-state index in [1.807, 2.05) is 6.07 Å². The van der Waals surface area contributed by atoms with Gasteiger partial charge in [0.05, 0.1) is 19.5 Å². The van der Waals surface area contributed by atoms with Crippen LogP contribution in [-0.2, 0) is 11.2 Å². The van der Waals surface area contributed by atoms with Crippen LogP contribution in [0.3, 0.4) is 0 Å². The maximum absolute atomic E-state index is 11.2. The first kappa shape index (κ1) is 13.5. The summed E-state index contributed by atoms with van der Waals surface area (Å²) in [6, 6.07) is 4.39. The van der Waals surface area contributed by atoms with Crippen molar-refractivity contribution >= 4 is 23.1 Å². The standard InChI is InChI=1S/C13H15N3O2S/c1-9(6-10-4-3-5-19-10)16-12-8-14-11(7-15-12)13(17)18-2/h3-5,7-9H,6H2,1-2H3,(H,15,16). The van der Waals surface area contributed by atoms with E-state index < -0.39 is 5.97 Å². The number of anilines is 1. The van der Waals surface area contributed by atoms with Gasteiger partial charge in [-0.25, -0.2) is 14.8 Å². The van der Waals surface area contributed by atoms with Gasteiger partial charge in [-0.15, -0.1) is 11.3 Å². The molecule has 0 spiro atoms. The molecule has 1 N–H and O–H groups in total. The number of nitrogens with zero attached hydrogens (tertiary/aromatic N) is 2. The number of rotatable bonds is 5. The molecule has 0 aliphatic rings. The van der Waals surface area contributed by atoms with E-state index in [0.29, 0.717) is 5.82 Å². The van der Waals surface area contributed by atoms with Crippen LogP contribution in [0.2, 0.25) is 0 Å². The Labute approximate surface area is 115 Å². The zero-order valence-corrected chi connectivity index (χ0v) is 11.6. The quantitative estimate of drug-likeness (QED) is 0.850. The fraction of sp³-hybridized carbons (Fsp3) is 0.308. The van der Waals surface area contributed by atoms with E-state index in [4.69, 9.17) is 0 Å². The van der Waals surface area contributed by atoms with Crippen LogP contribution in [0.15, 0.2) is 29.9 Å². The zero-order chi connectivity index (χ0) is 13.7. The smallest absolute Gasteiger partial charge is 0.358 e. The normalized spacial score (nSPS) is 11.9. The average Bonchev–Trinajstić information content (AvgIpc) is 2.91. The minimum atomic E-state index is -0.481. The molecular weight excluding hydrogens is 262 g/mol. The molecule has 19 heavy (non-hydrogen) atoms. The molecule has 2 aromatic rings. The molecule has 2 aromatic heterocycles. The third kappa shape index (κ3) is 3.75. The van der Waals surface area contributed by atoms with E-state index in [0.717, 1.165) is 6.42 Å². The lowest BCUT2D eigenvalue weighted by Gasteiger charge is -2.13. The Balaban J connectivity index is 1.93. The van der Waals surface area contributed by atoms with Gasteiger partial charge in [0, 0.05) is 17.3 Å². The van der Waals surface area contributed by atoms with Crippen molar-refractivity contribution in [3.05, 3.63) is 40.5 Å². The highest BCUT2D eigenvalue weighted by Crippen LogP contribution is 2.13. The lowest BCUT2D eigenvalue weighted by atomic mass is 10.2. The molecule has 5 nitrogen and oxygen atoms in total. The van der Waals surface area contributed by atoms with Gasteiger partial charge in [-0.05, 0) is 18.4 Å². The van der Waals surface area contributed by atoms with Crippen molar-refractivity contribution in [1.82, 2.24) is 9.97 Å². The van der Waals surface area contributed by atoms with Crippen molar-refractivity contribution < 1.29 is 9.53 Å². The highest BCUT2D eigenvalue weighted by Gasteiger charge is 2.09. The van der Waals surface area contributed by atoms with Crippen molar-refractivity contribution in [2.24, 2.45) is 0 Å². The highest BCUT2D eigenvalue weighted by molar-refractivity contribution is 7.09. The van der Waals surface area contributed by atoms with Gasteiger partial charge in [-0.3, -0.25) is 0 Å². The molecule has 0 saturated heterocycles. The van der Waals surface area contributed by atoms with Gasteiger partial charge < -0.3 is 10.1 Å². The third-order valence-corrected chi connectivity index (χ3v) is 3.43. The number of carbonyl (C=O) groups excluding carboxylic acids is 1. The van der Waals surface area contributed by atoms with E-state index in [2.05, 4.69) is 38.4 Å². The number of hydrogen-bond acceptors (Lipinski definition) is 6. The Hall–Kier alpha value is -1.95. The summed E-state index contributed by atoms with van der Waals surface area (Å²) < 4.78 is 4.57. The van der Waals surface area contributed by atoms with E-state index in [1.165, 1.54) is 24.4 Å². The molecule has 0 saturated carbocycles. The van der Waals surface area contributed by atoms with E-state index >= 15 is 0 Å². The molecular formula is C13H15N3O2S. The summed E-state index contributed by atoms with van der Waals surface area (Å²) in [7, 11) is 1.32. The largest absolute Gasteiger partial charge is 0.464 e. The lowest BCUT2D eigenvalue weighted by Crippen LogP contribution is -2.18. The first-order valence-corrected chi connectivity index (χ1v) is 6.76. The predicted octanol–water partition coefficient (Wildman–Crippen LogP) is 2.37. The molecule has 0 fully saturated rings. The Morgan fingerprint density at radius 3 is 2.89 bits per heavy atom. The number of nitrogens with one attached hydrogen (secondary N) is 1. The summed E-state index contributed by atoms with van der Waals surface area (Å²) in [6.07, 6.45) is 3.88. The molecule has 2 heterocycles. The van der Waals surface area contributed by atoms with Crippen molar-refractivity contribution in [3.63, 3.8) is 0 Å². The monoisotopic (exact) mass is 277 g/mol. The minimum Gasteiger partial charge on any atom is -0.464 e. The molecule has 6 heteroatoms. The van der Waals surface area contributed by atoms with Crippen LogP contribution in [0, 0.1) is 0 Å². The maximum Gasteiger partial charge on any atom is 0.358 e. The molecule has 0 aromatic carbocycles. The Kier molecular flexibility index (Phi) is 4.46. The van der Waals surface area contributed by atoms with E-state index in [-0.39, 0.29) is 11.7 Å². The first-order valence-electron chi connectivity index (χ1n) is 5.88. The number of aromatic nitrogens is 2. The fourth-order valence-electron chi connectivity index (χ4n) is 1.65. The molecule has 0 bridgehead atoms. The molecule has 1 atom stereocenters. The molecule has 0 aliphatic carbocycles. The summed E-state index contributed by atoms with van der Waals surface area (Å²) >= 11 is 1.73. The topological polar surface area (TPSA) is 64.1 Å². The molecule has 0 amide bonds. The first-order chi connectivity index (χ1) is 9.19. The molecule has 2 rings (SSSR count). The SMILES string of the molecule is COC(=O)c1cnc(NC(C)Cc2cccs2)cn1. The Morgan fingerprint density at radius 2 is 2.32 bits per heavy atom.